The second-order valence-electron chi connectivity index (χ2n) is 3.91. The Kier molecular flexibility index (Phi) is 4.52. The maximum absolute atomic E-state index is 12.6. The molecule has 1 N–H and O–H groups in total. The van der Waals surface area contributed by atoms with Crippen LogP contribution in [-0.4, -0.2) is 22.3 Å². The topological polar surface area (TPSA) is 49.8 Å². The summed E-state index contributed by atoms with van der Waals surface area (Å²) in [5.74, 6) is -0.368. The largest absolute Gasteiger partial charge is 0.463 e. The van der Waals surface area contributed by atoms with Crippen molar-refractivity contribution < 1.29 is 27.9 Å². The van der Waals surface area contributed by atoms with Gasteiger partial charge in [-0.15, -0.1) is 5.06 Å². The lowest BCUT2D eigenvalue weighted by atomic mass is 10.2. The van der Waals surface area contributed by atoms with Crippen LogP contribution in [0.5, 0.6) is 5.75 Å². The van der Waals surface area contributed by atoms with Gasteiger partial charge in [0.15, 0.2) is 5.75 Å². The van der Waals surface area contributed by atoms with Crippen LogP contribution in [-0.2, 0) is 6.18 Å². The second-order valence-corrected chi connectivity index (χ2v) is 4.29. The second kappa shape index (κ2) is 5.56. The molecule has 0 radical (unpaired) electrons. The summed E-state index contributed by atoms with van der Waals surface area (Å²) in [5.41, 5.74) is -1.08. The molecule has 0 spiro atoms. The van der Waals surface area contributed by atoms with Crippen LogP contribution in [0.2, 0.25) is 5.02 Å². The minimum absolute atomic E-state index is 0.368. The molecule has 1 rings (SSSR count). The average molecular weight is 298 g/mol. The number of hydrogen-bond acceptors (Lipinski definition) is 2. The number of rotatable bonds is 3. The van der Waals surface area contributed by atoms with Gasteiger partial charge in [0, 0.05) is 0 Å². The van der Waals surface area contributed by atoms with E-state index in [1.54, 1.807) is 0 Å². The molecule has 4 nitrogen and oxygen atoms in total. The summed E-state index contributed by atoms with van der Waals surface area (Å²) in [4.78, 5) is 15.8. The van der Waals surface area contributed by atoms with Gasteiger partial charge in [-0.25, -0.2) is 4.79 Å². The highest BCUT2D eigenvalue weighted by atomic mass is 35.5. The quantitative estimate of drug-likeness (QED) is 0.857. The fourth-order valence-corrected chi connectivity index (χ4v) is 1.54. The van der Waals surface area contributed by atoms with Crippen LogP contribution < -0.4 is 4.84 Å². The zero-order valence-corrected chi connectivity index (χ0v) is 10.8. The standard InChI is InChI=1S/C11H11ClF3NO3/c1-6(2)16(10(17)18)19-8-5-3-4-7(9(8)12)11(13,14)15/h3-6H,1-2H3,(H,17,18). The maximum Gasteiger partial charge on any atom is 0.440 e. The Morgan fingerprint density at radius 3 is 2.42 bits per heavy atom. The molecule has 0 aromatic heterocycles. The number of halogens is 4. The number of hydrogen-bond donors (Lipinski definition) is 1. The van der Waals surface area contributed by atoms with Crippen molar-refractivity contribution in [2.75, 3.05) is 0 Å². The van der Waals surface area contributed by atoms with E-state index >= 15 is 0 Å². The van der Waals surface area contributed by atoms with Crippen LogP contribution in [0.15, 0.2) is 18.2 Å². The number of alkyl halides is 3. The van der Waals surface area contributed by atoms with Gasteiger partial charge in [0.1, 0.15) is 0 Å². The average Bonchev–Trinajstić information content (AvgIpc) is 2.24. The van der Waals surface area contributed by atoms with Gasteiger partial charge in [-0.05, 0) is 26.0 Å². The smallest absolute Gasteiger partial charge is 0.440 e. The maximum atomic E-state index is 12.6. The van der Waals surface area contributed by atoms with E-state index in [2.05, 4.69) is 0 Å². The Balaban J connectivity index is 3.12. The first kappa shape index (κ1) is 15.4. The lowest BCUT2D eigenvalue weighted by molar-refractivity contribution is -0.137. The molecule has 0 saturated carbocycles. The molecule has 0 unspecified atom stereocenters. The Labute approximate surface area is 112 Å². The number of amides is 1. The summed E-state index contributed by atoms with van der Waals surface area (Å²) in [6.45, 7) is 3.02. The minimum atomic E-state index is -4.64. The van der Waals surface area contributed by atoms with Crippen molar-refractivity contribution >= 4 is 17.7 Å². The molecule has 0 fully saturated rings. The van der Waals surface area contributed by atoms with Gasteiger partial charge < -0.3 is 9.94 Å². The molecule has 0 saturated heterocycles. The summed E-state index contributed by atoms with van der Waals surface area (Å²) < 4.78 is 37.8. The molecule has 0 heterocycles. The van der Waals surface area contributed by atoms with Crippen molar-refractivity contribution in [3.05, 3.63) is 28.8 Å². The van der Waals surface area contributed by atoms with E-state index in [4.69, 9.17) is 21.5 Å². The van der Waals surface area contributed by atoms with Crippen LogP contribution in [0.4, 0.5) is 18.0 Å². The molecule has 19 heavy (non-hydrogen) atoms. The van der Waals surface area contributed by atoms with E-state index in [1.165, 1.54) is 13.8 Å². The first-order chi connectivity index (χ1) is 8.64. The third kappa shape index (κ3) is 3.66. The SMILES string of the molecule is CC(C)N(Oc1cccc(C(F)(F)F)c1Cl)C(=O)O. The molecule has 1 aromatic carbocycles. The fraction of sp³-hybridized carbons (Fsp3) is 0.364. The van der Waals surface area contributed by atoms with E-state index in [-0.39, 0.29) is 5.75 Å². The molecule has 8 heteroatoms. The van der Waals surface area contributed by atoms with Gasteiger partial charge in [0.2, 0.25) is 0 Å². The summed E-state index contributed by atoms with van der Waals surface area (Å²) in [5, 5.41) is 8.70. The molecule has 0 aliphatic rings. The number of benzene rings is 1. The molecule has 0 aliphatic heterocycles. The van der Waals surface area contributed by atoms with Crippen LogP contribution in [0, 0.1) is 0 Å². The van der Waals surface area contributed by atoms with E-state index in [0.29, 0.717) is 5.06 Å². The van der Waals surface area contributed by atoms with Crippen molar-refractivity contribution in [1.29, 1.82) is 0 Å². The number of carboxylic acid groups (broad SMARTS) is 1. The van der Waals surface area contributed by atoms with Gasteiger partial charge in [-0.3, -0.25) is 0 Å². The monoisotopic (exact) mass is 297 g/mol. The molecule has 1 aromatic rings. The Hall–Kier alpha value is -1.63. The van der Waals surface area contributed by atoms with Gasteiger partial charge in [0.25, 0.3) is 0 Å². The zero-order chi connectivity index (χ0) is 14.8. The number of carbonyl (C=O) groups is 1. The molecular weight excluding hydrogens is 287 g/mol. The predicted molar refractivity (Wildman–Crippen MR) is 62.1 cm³/mol. The first-order valence-corrected chi connectivity index (χ1v) is 5.58. The van der Waals surface area contributed by atoms with Crippen molar-refractivity contribution in [1.82, 2.24) is 5.06 Å². The Morgan fingerprint density at radius 2 is 2.00 bits per heavy atom. The molecule has 0 bridgehead atoms. The van der Waals surface area contributed by atoms with Crippen molar-refractivity contribution in [2.24, 2.45) is 0 Å². The molecular formula is C11H11ClF3NO3. The van der Waals surface area contributed by atoms with E-state index in [0.717, 1.165) is 18.2 Å². The van der Waals surface area contributed by atoms with Crippen molar-refractivity contribution in [2.45, 2.75) is 26.1 Å². The Morgan fingerprint density at radius 1 is 1.42 bits per heavy atom. The highest BCUT2D eigenvalue weighted by Crippen LogP contribution is 2.39. The fourth-order valence-electron chi connectivity index (χ4n) is 1.27. The molecule has 106 valence electrons. The van der Waals surface area contributed by atoms with Crippen LogP contribution in [0.1, 0.15) is 19.4 Å². The van der Waals surface area contributed by atoms with E-state index in [9.17, 15) is 18.0 Å². The predicted octanol–water partition coefficient (Wildman–Crippen LogP) is 4.04. The molecule has 1 amide bonds. The Bertz CT molecular complexity index is 477. The molecule has 0 atom stereocenters. The normalized spacial score (nSPS) is 11.5. The highest BCUT2D eigenvalue weighted by Gasteiger charge is 2.35. The third-order valence-electron chi connectivity index (χ3n) is 2.12. The van der Waals surface area contributed by atoms with Crippen LogP contribution >= 0.6 is 11.6 Å². The minimum Gasteiger partial charge on any atom is -0.463 e. The van der Waals surface area contributed by atoms with Crippen molar-refractivity contribution in [3.63, 3.8) is 0 Å². The lowest BCUT2D eigenvalue weighted by Gasteiger charge is -2.23. The van der Waals surface area contributed by atoms with Gasteiger partial charge in [0.05, 0.1) is 16.6 Å². The lowest BCUT2D eigenvalue weighted by Crippen LogP contribution is -2.38. The number of nitrogens with zero attached hydrogens (tertiary/aromatic N) is 1. The van der Waals surface area contributed by atoms with Crippen LogP contribution in [0.3, 0.4) is 0 Å². The van der Waals surface area contributed by atoms with E-state index < -0.39 is 28.9 Å². The summed E-state index contributed by atoms with van der Waals surface area (Å²) in [6.07, 6.45) is -6.06. The summed E-state index contributed by atoms with van der Waals surface area (Å²) in [6, 6.07) is 2.46. The molecule has 0 aliphatic carbocycles. The first-order valence-electron chi connectivity index (χ1n) is 5.20. The highest BCUT2D eigenvalue weighted by molar-refractivity contribution is 6.32. The summed E-state index contributed by atoms with van der Waals surface area (Å²) in [7, 11) is 0. The van der Waals surface area contributed by atoms with Gasteiger partial charge in [-0.1, -0.05) is 17.7 Å². The van der Waals surface area contributed by atoms with Crippen LogP contribution in [0.25, 0.3) is 0 Å². The van der Waals surface area contributed by atoms with Gasteiger partial charge in [-0.2, -0.15) is 13.2 Å². The van der Waals surface area contributed by atoms with Crippen molar-refractivity contribution in [3.8, 4) is 5.75 Å². The summed E-state index contributed by atoms with van der Waals surface area (Å²) >= 11 is 5.58. The number of hydroxylamine groups is 2. The zero-order valence-electron chi connectivity index (χ0n) is 10.0. The van der Waals surface area contributed by atoms with Gasteiger partial charge >= 0.3 is 12.3 Å². The third-order valence-corrected chi connectivity index (χ3v) is 2.51. The van der Waals surface area contributed by atoms with E-state index in [1.807, 2.05) is 0 Å².